The molecule has 2 saturated heterocycles. The predicted octanol–water partition coefficient (Wildman–Crippen LogP) is 4.72. The molecule has 0 saturated carbocycles. The highest BCUT2D eigenvalue weighted by atomic mass is 32.2. The van der Waals surface area contributed by atoms with E-state index in [4.69, 9.17) is 4.74 Å². The van der Waals surface area contributed by atoms with Gasteiger partial charge >= 0.3 is 0 Å². The Balaban J connectivity index is 1.37. The first-order valence-corrected chi connectivity index (χ1v) is 18.9. The number of anilines is 1. The topological polar surface area (TPSA) is 83.5 Å². The van der Waals surface area contributed by atoms with Gasteiger partial charge < -0.3 is 24.5 Å². The number of nitrogens with two attached hydrogens (primary N) is 1. The summed E-state index contributed by atoms with van der Waals surface area (Å²) in [4.78, 5) is 2.36. The van der Waals surface area contributed by atoms with E-state index in [1.54, 1.807) is 6.07 Å². The number of ether oxygens (including phenoxy) is 1. The quantitative estimate of drug-likeness (QED) is 0.234. The van der Waals surface area contributed by atoms with Crippen LogP contribution in [0, 0.1) is 5.41 Å². The van der Waals surface area contributed by atoms with Gasteiger partial charge in [0.1, 0.15) is 31.4 Å². The number of hydrogen-bond acceptors (Lipinski definition) is 5. The third kappa shape index (κ3) is 6.84. The van der Waals surface area contributed by atoms with E-state index in [0.29, 0.717) is 29.9 Å². The fraction of sp³-hybridized carbons (Fsp3) is 0.667. The molecule has 0 spiro atoms. The van der Waals surface area contributed by atoms with Crippen LogP contribution >= 0.6 is 0 Å². The lowest BCUT2D eigenvalue weighted by molar-refractivity contribution is -1.02. The summed E-state index contributed by atoms with van der Waals surface area (Å²) in [6.45, 7) is 11.5. The second kappa shape index (κ2) is 14.1. The summed E-state index contributed by atoms with van der Waals surface area (Å²) in [6.07, 6.45) is 7.95. The van der Waals surface area contributed by atoms with Crippen molar-refractivity contribution < 1.29 is 28.1 Å². The first-order chi connectivity index (χ1) is 21.1. The van der Waals surface area contributed by atoms with Crippen LogP contribution in [0.15, 0.2) is 47.4 Å². The molecular formula is C36H57N3O4S+2. The van der Waals surface area contributed by atoms with E-state index in [9.17, 15) is 13.5 Å². The zero-order valence-electron chi connectivity index (χ0n) is 27.6. The van der Waals surface area contributed by atoms with Gasteiger partial charge in [-0.1, -0.05) is 51.7 Å². The molecule has 7 nitrogen and oxygen atoms in total. The van der Waals surface area contributed by atoms with Gasteiger partial charge in [0, 0.05) is 31.1 Å². The zero-order chi connectivity index (χ0) is 31.4. The first-order valence-electron chi connectivity index (χ1n) is 17.3. The van der Waals surface area contributed by atoms with E-state index in [1.807, 2.05) is 55.4 Å². The number of sulfone groups is 1. The average Bonchev–Trinajstić information content (AvgIpc) is 3.07. The summed E-state index contributed by atoms with van der Waals surface area (Å²) >= 11 is 0. The van der Waals surface area contributed by atoms with Crippen molar-refractivity contribution in [3.8, 4) is 5.75 Å². The number of fused-ring (bicyclic) bond motifs is 2. The summed E-state index contributed by atoms with van der Waals surface area (Å²) in [5.41, 5.74) is 1.89. The van der Waals surface area contributed by atoms with Crippen LogP contribution in [0.1, 0.15) is 88.7 Å². The molecule has 0 amide bonds. The Bertz CT molecular complexity index is 1340. The second-order valence-corrected chi connectivity index (χ2v) is 16.1. The Labute approximate surface area is 266 Å². The van der Waals surface area contributed by atoms with Crippen LogP contribution in [-0.4, -0.2) is 89.3 Å². The molecule has 4 unspecified atom stereocenters. The van der Waals surface area contributed by atoms with Crippen LogP contribution in [0.5, 0.6) is 5.75 Å². The minimum absolute atomic E-state index is 0.00776. The minimum atomic E-state index is -3.61. The third-order valence-corrected chi connectivity index (χ3v) is 13.1. The molecule has 0 aromatic heterocycles. The maximum Gasteiger partial charge on any atom is 0.179 e. The van der Waals surface area contributed by atoms with Gasteiger partial charge in [0.05, 0.1) is 42.9 Å². The number of quaternary nitrogens is 2. The molecule has 2 aromatic rings. The molecule has 5 rings (SSSR count). The van der Waals surface area contributed by atoms with Crippen LogP contribution < -0.4 is 15.0 Å². The molecule has 0 radical (unpaired) electrons. The van der Waals surface area contributed by atoms with Crippen molar-refractivity contribution in [2.45, 2.75) is 94.6 Å². The number of aliphatic hydroxyl groups is 1. The SMILES string of the molecule is CCCCC1(CCCC)CS(=O)(=O)c2ccc(N(C)C)cc2C(c2ccc(OCCCC[N+]34CC[NH2+]CC3CC4)cc2)C1O. The number of benzene rings is 2. The van der Waals surface area contributed by atoms with Gasteiger partial charge in [-0.15, -0.1) is 0 Å². The van der Waals surface area contributed by atoms with E-state index in [-0.39, 0.29) is 5.75 Å². The van der Waals surface area contributed by atoms with Gasteiger partial charge in [0.25, 0.3) is 0 Å². The molecule has 0 aliphatic carbocycles. The van der Waals surface area contributed by atoms with Crippen molar-refractivity contribution in [2.75, 3.05) is 64.1 Å². The van der Waals surface area contributed by atoms with Crippen molar-refractivity contribution in [1.82, 2.24) is 0 Å². The van der Waals surface area contributed by atoms with Gasteiger partial charge in [-0.2, -0.15) is 0 Å². The van der Waals surface area contributed by atoms with Crippen molar-refractivity contribution in [3.63, 3.8) is 0 Å². The van der Waals surface area contributed by atoms with Crippen molar-refractivity contribution in [1.29, 1.82) is 0 Å². The lowest BCUT2D eigenvalue weighted by atomic mass is 9.68. The van der Waals surface area contributed by atoms with E-state index < -0.39 is 27.3 Å². The van der Waals surface area contributed by atoms with Gasteiger partial charge in [-0.05, 0) is 67.1 Å². The standard InChI is InChI=1S/C36H56N3O4S/c1-5-7-18-36(19-8-6-2)27-44(41,42)33-16-13-29(38(3)4)25-32(33)34(35(36)40)28-11-14-31(15-12-28)43-24-10-9-21-39-22-17-30(39)26-37-20-23-39/h11-16,25,30,34-35,37,40H,5-10,17-24,26-27H2,1-4H3/q+1/p+1. The van der Waals surface area contributed by atoms with E-state index in [2.05, 4.69) is 19.2 Å². The summed E-state index contributed by atoms with van der Waals surface area (Å²) in [5.74, 6) is 0.383. The number of aliphatic hydroxyl groups excluding tert-OH is 1. The largest absolute Gasteiger partial charge is 0.494 e. The number of unbranched alkanes of at least 4 members (excludes halogenated alkanes) is 3. The smallest absolute Gasteiger partial charge is 0.179 e. The first kappa shape index (κ1) is 33.2. The predicted molar refractivity (Wildman–Crippen MR) is 178 cm³/mol. The van der Waals surface area contributed by atoms with Crippen molar-refractivity contribution >= 4 is 15.5 Å². The molecule has 3 N–H and O–H groups in total. The fourth-order valence-electron chi connectivity index (χ4n) is 8.26. The monoisotopic (exact) mass is 627 g/mol. The highest BCUT2D eigenvalue weighted by Crippen LogP contribution is 2.50. The number of hydrogen-bond donors (Lipinski definition) is 2. The van der Waals surface area contributed by atoms with Crippen molar-refractivity contribution in [2.24, 2.45) is 5.41 Å². The van der Waals surface area contributed by atoms with Gasteiger partial charge in [0.2, 0.25) is 0 Å². The molecular weight excluding hydrogens is 570 g/mol. The number of nitrogens with zero attached hydrogens (tertiary/aromatic N) is 2. The Morgan fingerprint density at radius 2 is 1.73 bits per heavy atom. The molecule has 8 heteroatoms. The summed E-state index contributed by atoms with van der Waals surface area (Å²) < 4.78 is 35.6. The van der Waals surface area contributed by atoms with Crippen LogP contribution in [-0.2, 0) is 9.84 Å². The number of rotatable bonds is 14. The summed E-state index contributed by atoms with van der Waals surface area (Å²) in [5, 5.41) is 14.9. The molecule has 2 aromatic carbocycles. The Morgan fingerprint density at radius 3 is 2.34 bits per heavy atom. The Kier molecular flexibility index (Phi) is 10.7. The van der Waals surface area contributed by atoms with Gasteiger partial charge in [0.15, 0.2) is 9.84 Å². The Morgan fingerprint density at radius 1 is 1.00 bits per heavy atom. The molecule has 2 fully saturated rings. The Hall–Kier alpha value is -2.13. The fourth-order valence-corrected chi connectivity index (χ4v) is 10.4. The average molecular weight is 628 g/mol. The van der Waals surface area contributed by atoms with Gasteiger partial charge in [-0.3, -0.25) is 0 Å². The normalized spacial score (nSPS) is 27.0. The number of piperazine rings is 1. The summed E-state index contributed by atoms with van der Waals surface area (Å²) in [6, 6.07) is 14.6. The van der Waals surface area contributed by atoms with E-state index in [0.717, 1.165) is 55.1 Å². The maximum atomic E-state index is 14.1. The molecule has 0 bridgehead atoms. The van der Waals surface area contributed by atoms with Crippen LogP contribution in [0.4, 0.5) is 5.69 Å². The molecule has 3 aliphatic rings. The van der Waals surface area contributed by atoms with Crippen LogP contribution in [0.25, 0.3) is 0 Å². The summed E-state index contributed by atoms with van der Waals surface area (Å²) in [7, 11) is 0.326. The van der Waals surface area contributed by atoms with Gasteiger partial charge in [-0.25, -0.2) is 8.42 Å². The van der Waals surface area contributed by atoms with Crippen LogP contribution in [0.2, 0.25) is 0 Å². The maximum absolute atomic E-state index is 14.1. The molecule has 4 atom stereocenters. The molecule has 3 aliphatic heterocycles. The zero-order valence-corrected chi connectivity index (χ0v) is 28.5. The second-order valence-electron chi connectivity index (χ2n) is 14.1. The molecule has 244 valence electrons. The lowest BCUT2D eigenvalue weighted by Gasteiger charge is -2.53. The van der Waals surface area contributed by atoms with E-state index >= 15 is 0 Å². The highest BCUT2D eigenvalue weighted by Gasteiger charge is 2.50. The lowest BCUT2D eigenvalue weighted by Crippen LogP contribution is -2.96. The minimum Gasteiger partial charge on any atom is -0.494 e. The highest BCUT2D eigenvalue weighted by molar-refractivity contribution is 7.91. The third-order valence-electron chi connectivity index (χ3n) is 11.1. The molecule has 44 heavy (non-hydrogen) atoms. The van der Waals surface area contributed by atoms with Crippen molar-refractivity contribution in [3.05, 3.63) is 53.6 Å². The molecule has 3 heterocycles. The van der Waals surface area contributed by atoms with Crippen LogP contribution in [0.3, 0.4) is 0 Å². The van der Waals surface area contributed by atoms with E-state index in [1.165, 1.54) is 50.0 Å².